The maximum Gasteiger partial charge on any atom is 0.247 e. The van der Waals surface area contributed by atoms with E-state index in [0.29, 0.717) is 16.0 Å². The van der Waals surface area contributed by atoms with E-state index in [1.165, 1.54) is 25.5 Å². The van der Waals surface area contributed by atoms with Crippen molar-refractivity contribution in [2.75, 3.05) is 12.0 Å². The van der Waals surface area contributed by atoms with Crippen molar-refractivity contribution in [2.45, 2.75) is 16.7 Å². The molecule has 0 saturated carbocycles. The van der Waals surface area contributed by atoms with Crippen LogP contribution in [0.3, 0.4) is 0 Å². The normalized spacial score (nSPS) is 12.9. The van der Waals surface area contributed by atoms with Gasteiger partial charge in [0.2, 0.25) is 5.89 Å². The van der Waals surface area contributed by atoms with E-state index >= 15 is 0 Å². The Balaban J connectivity index is 1.95. The average molecular weight is 429 g/mol. The van der Waals surface area contributed by atoms with Crippen molar-refractivity contribution < 1.29 is 17.0 Å². The van der Waals surface area contributed by atoms with Crippen LogP contribution in [0.1, 0.15) is 6.92 Å². The summed E-state index contributed by atoms with van der Waals surface area (Å²) in [5.74, 6) is 0.275. The highest BCUT2D eigenvalue weighted by Crippen LogP contribution is 2.30. The zero-order valence-corrected chi connectivity index (χ0v) is 17.1. The van der Waals surface area contributed by atoms with E-state index in [1.54, 1.807) is 30.5 Å². The van der Waals surface area contributed by atoms with Crippen LogP contribution >= 0.6 is 0 Å². The molecule has 1 aromatic carbocycles. The molecule has 0 bridgehead atoms. The molecular weight excluding hydrogens is 414 g/mol. The second kappa shape index (κ2) is 7.41. The van der Waals surface area contributed by atoms with Crippen LogP contribution in [0.4, 0.5) is 0 Å². The second-order valence-electron chi connectivity index (χ2n) is 5.98. The van der Waals surface area contributed by atoms with Crippen molar-refractivity contribution >= 4 is 31.7 Å². The molecule has 148 valence electrons. The van der Waals surface area contributed by atoms with E-state index < -0.39 is 20.6 Å². The van der Waals surface area contributed by atoms with Gasteiger partial charge in [0.05, 0.1) is 11.9 Å². The van der Waals surface area contributed by atoms with Gasteiger partial charge in [-0.15, -0.1) is 0 Å². The van der Waals surface area contributed by atoms with Crippen molar-refractivity contribution in [3.63, 3.8) is 0 Å². The molecule has 4 rings (SSSR count). The summed E-state index contributed by atoms with van der Waals surface area (Å²) >= 11 is 0. The van der Waals surface area contributed by atoms with Gasteiger partial charge in [0, 0.05) is 34.3 Å². The fraction of sp³-hybridized carbons (Fsp3) is 0.167. The fourth-order valence-corrected chi connectivity index (χ4v) is 4.11. The Morgan fingerprint density at radius 2 is 1.83 bits per heavy atom. The minimum atomic E-state index is -3.65. The number of rotatable bonds is 5. The summed E-state index contributed by atoms with van der Waals surface area (Å²) in [5, 5.41) is 0. The largest absolute Gasteiger partial charge is 0.435 e. The Labute approximate surface area is 168 Å². The number of oxazole rings is 1. The van der Waals surface area contributed by atoms with Crippen molar-refractivity contribution in [3.05, 3.63) is 42.9 Å². The SMILES string of the molecule is CCS(=O)(=O)c1cnc(-c2ncccn2)nc1-c1nc2cc(S(C)=O)ccc2o1. The lowest BCUT2D eigenvalue weighted by atomic mass is 10.3. The predicted octanol–water partition coefficient (Wildman–Crippen LogP) is 2.27. The van der Waals surface area contributed by atoms with Crippen LogP contribution in [0.5, 0.6) is 0 Å². The maximum atomic E-state index is 12.6. The molecule has 3 heterocycles. The molecular formula is C18H15N5O4S2. The van der Waals surface area contributed by atoms with E-state index in [4.69, 9.17) is 4.42 Å². The molecule has 1 atom stereocenters. The number of aromatic nitrogens is 5. The van der Waals surface area contributed by atoms with E-state index in [1.807, 2.05) is 0 Å². The number of fused-ring (bicyclic) bond motifs is 1. The van der Waals surface area contributed by atoms with Crippen molar-refractivity contribution in [2.24, 2.45) is 0 Å². The number of hydrogen-bond acceptors (Lipinski definition) is 9. The smallest absolute Gasteiger partial charge is 0.247 e. The van der Waals surface area contributed by atoms with E-state index in [0.717, 1.165) is 0 Å². The van der Waals surface area contributed by atoms with Gasteiger partial charge in [-0.3, -0.25) is 4.21 Å². The van der Waals surface area contributed by atoms with Gasteiger partial charge >= 0.3 is 0 Å². The van der Waals surface area contributed by atoms with E-state index in [9.17, 15) is 12.6 Å². The molecule has 0 aliphatic heterocycles. The minimum absolute atomic E-state index is 0.0191. The van der Waals surface area contributed by atoms with Gasteiger partial charge in [-0.2, -0.15) is 0 Å². The topological polar surface area (TPSA) is 129 Å². The van der Waals surface area contributed by atoms with Crippen LogP contribution in [0, 0.1) is 0 Å². The quantitative estimate of drug-likeness (QED) is 0.469. The second-order valence-corrected chi connectivity index (χ2v) is 9.61. The van der Waals surface area contributed by atoms with Crippen LogP contribution in [0.15, 0.2) is 57.1 Å². The van der Waals surface area contributed by atoms with Crippen LogP contribution in [-0.4, -0.2) is 49.6 Å². The van der Waals surface area contributed by atoms with E-state index in [-0.39, 0.29) is 33.9 Å². The minimum Gasteiger partial charge on any atom is -0.435 e. The first-order chi connectivity index (χ1) is 13.9. The molecule has 0 amide bonds. The lowest BCUT2D eigenvalue weighted by Gasteiger charge is -2.07. The third kappa shape index (κ3) is 3.66. The monoisotopic (exact) mass is 429 g/mol. The maximum absolute atomic E-state index is 12.6. The molecule has 0 aliphatic carbocycles. The molecule has 4 aromatic rings. The standard InChI is InChI=1S/C18H15N5O4S2/c1-3-29(25,26)14-10-21-17(16-19-7-4-8-20-16)23-15(14)18-22-12-9-11(28(2)24)5-6-13(12)27-18/h4-10H,3H2,1-2H3. The molecule has 9 nitrogen and oxygen atoms in total. The fourth-order valence-electron chi connectivity index (χ4n) is 2.62. The van der Waals surface area contributed by atoms with Crippen LogP contribution in [0.25, 0.3) is 34.3 Å². The molecule has 0 N–H and O–H groups in total. The first kappa shape index (κ1) is 19.3. The Morgan fingerprint density at radius 3 is 2.52 bits per heavy atom. The molecule has 1 unspecified atom stereocenters. The number of benzene rings is 1. The molecule has 0 spiro atoms. The van der Waals surface area contributed by atoms with Gasteiger partial charge in [0.1, 0.15) is 16.1 Å². The van der Waals surface area contributed by atoms with Crippen molar-refractivity contribution in [1.82, 2.24) is 24.9 Å². The summed E-state index contributed by atoms with van der Waals surface area (Å²) < 4.78 is 42.6. The van der Waals surface area contributed by atoms with Crippen LogP contribution < -0.4 is 0 Å². The summed E-state index contributed by atoms with van der Waals surface area (Å²) in [6.45, 7) is 1.53. The van der Waals surface area contributed by atoms with Crippen molar-refractivity contribution in [3.8, 4) is 23.2 Å². The van der Waals surface area contributed by atoms with Gasteiger partial charge in [-0.1, -0.05) is 6.92 Å². The molecule has 3 aromatic heterocycles. The van der Waals surface area contributed by atoms with Gasteiger partial charge in [0.15, 0.2) is 27.1 Å². The van der Waals surface area contributed by atoms with Gasteiger partial charge in [-0.25, -0.2) is 33.3 Å². The van der Waals surface area contributed by atoms with Gasteiger partial charge in [0.25, 0.3) is 0 Å². The Morgan fingerprint density at radius 1 is 1.07 bits per heavy atom. The van der Waals surface area contributed by atoms with Gasteiger partial charge in [-0.05, 0) is 24.3 Å². The van der Waals surface area contributed by atoms with Crippen LogP contribution in [-0.2, 0) is 20.6 Å². The lowest BCUT2D eigenvalue weighted by molar-refractivity contribution is 0.591. The highest BCUT2D eigenvalue weighted by Gasteiger charge is 2.25. The molecule has 11 heteroatoms. The van der Waals surface area contributed by atoms with Crippen molar-refractivity contribution in [1.29, 1.82) is 0 Å². The number of nitrogens with zero attached hydrogens (tertiary/aromatic N) is 5. The summed E-state index contributed by atoms with van der Waals surface area (Å²) in [7, 11) is -4.84. The Hall–Kier alpha value is -3.05. The summed E-state index contributed by atoms with van der Waals surface area (Å²) in [6.07, 6.45) is 5.85. The summed E-state index contributed by atoms with van der Waals surface area (Å²) in [4.78, 5) is 21.5. The van der Waals surface area contributed by atoms with E-state index in [2.05, 4.69) is 24.9 Å². The third-order valence-corrected chi connectivity index (χ3v) is 6.78. The Kier molecular flexibility index (Phi) is 4.92. The zero-order chi connectivity index (χ0) is 20.6. The van der Waals surface area contributed by atoms with Crippen LogP contribution in [0.2, 0.25) is 0 Å². The third-order valence-electron chi connectivity index (χ3n) is 4.13. The first-order valence-corrected chi connectivity index (χ1v) is 11.7. The molecule has 0 fully saturated rings. The lowest BCUT2D eigenvalue weighted by Crippen LogP contribution is -2.09. The predicted molar refractivity (Wildman–Crippen MR) is 106 cm³/mol. The molecule has 0 saturated heterocycles. The molecule has 29 heavy (non-hydrogen) atoms. The average Bonchev–Trinajstić information content (AvgIpc) is 3.17. The number of sulfone groups is 1. The zero-order valence-electron chi connectivity index (χ0n) is 15.4. The molecule has 0 radical (unpaired) electrons. The Bertz CT molecular complexity index is 1340. The first-order valence-electron chi connectivity index (χ1n) is 8.50. The molecule has 0 aliphatic rings. The highest BCUT2D eigenvalue weighted by molar-refractivity contribution is 7.91. The summed E-state index contributed by atoms with van der Waals surface area (Å²) in [5.41, 5.74) is 0.897. The highest BCUT2D eigenvalue weighted by atomic mass is 32.2. The summed E-state index contributed by atoms with van der Waals surface area (Å²) in [6, 6.07) is 6.59. The van der Waals surface area contributed by atoms with Gasteiger partial charge < -0.3 is 4.42 Å². The number of hydrogen-bond donors (Lipinski definition) is 0.